The van der Waals surface area contributed by atoms with E-state index in [0.29, 0.717) is 17.0 Å². The fraction of sp³-hybridized carbons (Fsp3) is 0.318. The predicted molar refractivity (Wildman–Crippen MR) is 107 cm³/mol. The number of carbonyl (C=O) groups excluding carboxylic acids is 3. The largest absolute Gasteiger partial charge is 0.482 e. The van der Waals surface area contributed by atoms with Crippen LogP contribution in [0.4, 0.5) is 5.69 Å². The molecule has 148 valence electrons. The van der Waals surface area contributed by atoms with E-state index in [-0.39, 0.29) is 18.3 Å². The Kier molecular flexibility index (Phi) is 7.32. The Balaban J connectivity index is 1.92. The number of nitrogens with one attached hydrogen (secondary N) is 1. The summed E-state index contributed by atoms with van der Waals surface area (Å²) >= 11 is 0. The molecule has 28 heavy (non-hydrogen) atoms. The van der Waals surface area contributed by atoms with Gasteiger partial charge in [-0.25, -0.2) is 4.79 Å². The van der Waals surface area contributed by atoms with E-state index in [1.54, 1.807) is 30.3 Å². The van der Waals surface area contributed by atoms with Crippen LogP contribution in [0.25, 0.3) is 0 Å². The molecule has 1 atom stereocenters. The first kappa shape index (κ1) is 21.2. The van der Waals surface area contributed by atoms with Crippen LogP contribution in [0.1, 0.15) is 49.5 Å². The van der Waals surface area contributed by atoms with E-state index < -0.39 is 18.0 Å². The summed E-state index contributed by atoms with van der Waals surface area (Å²) < 4.78 is 10.7. The van der Waals surface area contributed by atoms with E-state index in [0.717, 1.165) is 5.56 Å². The average Bonchev–Trinajstić information content (AvgIpc) is 2.66. The zero-order valence-electron chi connectivity index (χ0n) is 16.5. The van der Waals surface area contributed by atoms with Crippen molar-refractivity contribution < 1.29 is 23.9 Å². The van der Waals surface area contributed by atoms with E-state index >= 15 is 0 Å². The van der Waals surface area contributed by atoms with Crippen molar-refractivity contribution in [2.24, 2.45) is 0 Å². The number of benzene rings is 2. The molecular weight excluding hydrogens is 358 g/mol. The molecule has 0 fully saturated rings. The quantitative estimate of drug-likeness (QED) is 0.551. The summed E-state index contributed by atoms with van der Waals surface area (Å²) in [5.41, 5.74) is 1.76. The molecule has 2 aromatic carbocycles. The lowest BCUT2D eigenvalue weighted by molar-refractivity contribution is -0.155. The molecule has 0 radical (unpaired) electrons. The number of para-hydroxylation sites is 2. The molecule has 2 rings (SSSR count). The molecule has 2 aromatic rings. The second kappa shape index (κ2) is 9.69. The highest BCUT2D eigenvalue weighted by atomic mass is 16.6. The molecular formula is C22H25NO5. The number of ether oxygens (including phenoxy) is 2. The van der Waals surface area contributed by atoms with Gasteiger partial charge in [0.2, 0.25) is 0 Å². The SMILES string of the molecule is CC(=O)c1ccccc1NC(=O)[C@@H](C)OC(=O)COc1ccccc1C(C)C. The number of ketones is 1. The third kappa shape index (κ3) is 5.67. The van der Waals surface area contributed by atoms with Gasteiger partial charge in [0.1, 0.15) is 5.75 Å². The summed E-state index contributed by atoms with van der Waals surface area (Å²) in [6, 6.07) is 14.1. The lowest BCUT2D eigenvalue weighted by Crippen LogP contribution is -2.32. The van der Waals surface area contributed by atoms with Crippen LogP contribution < -0.4 is 10.1 Å². The third-order valence-corrected chi connectivity index (χ3v) is 4.13. The molecule has 0 aromatic heterocycles. The average molecular weight is 383 g/mol. The number of Topliss-reactive ketones (excluding diaryl/α,β-unsaturated/α-hetero) is 1. The van der Waals surface area contributed by atoms with Crippen molar-refractivity contribution in [1.82, 2.24) is 0 Å². The van der Waals surface area contributed by atoms with Crippen molar-refractivity contribution in [2.45, 2.75) is 39.7 Å². The molecule has 1 N–H and O–H groups in total. The maximum Gasteiger partial charge on any atom is 0.344 e. The Hall–Kier alpha value is -3.15. The topological polar surface area (TPSA) is 81.7 Å². The number of anilines is 1. The number of rotatable bonds is 8. The molecule has 0 unspecified atom stereocenters. The standard InChI is InChI=1S/C22H25NO5/c1-14(2)17-9-6-8-12-20(17)27-13-21(25)28-16(4)22(26)23-19-11-7-5-10-18(19)15(3)24/h5-12,14,16H,13H2,1-4H3,(H,23,26)/t16-/m1/s1. The van der Waals surface area contributed by atoms with Crippen molar-refractivity contribution in [3.05, 3.63) is 59.7 Å². The highest BCUT2D eigenvalue weighted by Gasteiger charge is 2.20. The normalized spacial score (nSPS) is 11.6. The van der Waals surface area contributed by atoms with E-state index in [1.165, 1.54) is 13.8 Å². The molecule has 0 aliphatic carbocycles. The van der Waals surface area contributed by atoms with Crippen LogP contribution >= 0.6 is 0 Å². The van der Waals surface area contributed by atoms with Gasteiger partial charge < -0.3 is 14.8 Å². The molecule has 0 aliphatic rings. The summed E-state index contributed by atoms with van der Waals surface area (Å²) in [6.07, 6.45) is -1.03. The van der Waals surface area contributed by atoms with E-state index in [4.69, 9.17) is 9.47 Å². The van der Waals surface area contributed by atoms with Gasteiger partial charge in [-0.2, -0.15) is 0 Å². The highest BCUT2D eigenvalue weighted by molar-refractivity contribution is 6.04. The maximum atomic E-state index is 12.3. The number of esters is 1. The van der Waals surface area contributed by atoms with E-state index in [1.807, 2.05) is 32.0 Å². The smallest absolute Gasteiger partial charge is 0.344 e. The molecule has 6 nitrogen and oxygen atoms in total. The lowest BCUT2D eigenvalue weighted by atomic mass is 10.0. The Morgan fingerprint density at radius 1 is 0.964 bits per heavy atom. The second-order valence-electron chi connectivity index (χ2n) is 6.70. The van der Waals surface area contributed by atoms with Crippen molar-refractivity contribution in [1.29, 1.82) is 0 Å². The molecule has 1 amide bonds. The summed E-state index contributed by atoms with van der Waals surface area (Å²) in [4.78, 5) is 36.0. The highest BCUT2D eigenvalue weighted by Crippen LogP contribution is 2.25. The minimum absolute atomic E-state index is 0.169. The van der Waals surface area contributed by atoms with Gasteiger partial charge in [0.25, 0.3) is 5.91 Å². The minimum atomic E-state index is -1.03. The van der Waals surface area contributed by atoms with E-state index in [2.05, 4.69) is 5.32 Å². The van der Waals surface area contributed by atoms with Crippen LogP contribution in [0.5, 0.6) is 5.75 Å². The fourth-order valence-corrected chi connectivity index (χ4v) is 2.64. The lowest BCUT2D eigenvalue weighted by Gasteiger charge is -2.16. The minimum Gasteiger partial charge on any atom is -0.482 e. The second-order valence-corrected chi connectivity index (χ2v) is 6.70. The number of amides is 1. The zero-order valence-corrected chi connectivity index (χ0v) is 16.5. The summed E-state index contributed by atoms with van der Waals surface area (Å²) in [7, 11) is 0. The molecule has 0 bridgehead atoms. The Labute approximate surface area is 164 Å². The molecule has 0 saturated heterocycles. The van der Waals surface area contributed by atoms with Crippen LogP contribution in [-0.2, 0) is 14.3 Å². The van der Waals surface area contributed by atoms with Gasteiger partial charge in [-0.3, -0.25) is 9.59 Å². The maximum absolute atomic E-state index is 12.3. The molecule has 0 spiro atoms. The monoisotopic (exact) mass is 383 g/mol. The van der Waals surface area contributed by atoms with Crippen LogP contribution in [-0.4, -0.2) is 30.4 Å². The van der Waals surface area contributed by atoms with Gasteiger partial charge in [-0.05, 0) is 43.5 Å². The summed E-state index contributed by atoms with van der Waals surface area (Å²) in [5, 5.41) is 2.62. The molecule has 6 heteroatoms. The number of carbonyl (C=O) groups is 3. The molecule has 0 aliphatic heterocycles. The predicted octanol–water partition coefficient (Wildman–Crippen LogP) is 3.96. The van der Waals surface area contributed by atoms with Crippen molar-refractivity contribution in [2.75, 3.05) is 11.9 Å². The van der Waals surface area contributed by atoms with Crippen molar-refractivity contribution in [3.8, 4) is 5.75 Å². The first-order chi connectivity index (χ1) is 13.3. The van der Waals surface area contributed by atoms with Gasteiger partial charge >= 0.3 is 5.97 Å². The Morgan fingerprint density at radius 3 is 2.29 bits per heavy atom. The summed E-state index contributed by atoms with van der Waals surface area (Å²) in [5.74, 6) is -0.483. The first-order valence-corrected chi connectivity index (χ1v) is 9.11. The van der Waals surface area contributed by atoms with Crippen molar-refractivity contribution in [3.63, 3.8) is 0 Å². The fourth-order valence-electron chi connectivity index (χ4n) is 2.64. The number of hydrogen-bond donors (Lipinski definition) is 1. The van der Waals surface area contributed by atoms with Gasteiger partial charge in [0.05, 0.1) is 5.69 Å². The van der Waals surface area contributed by atoms with Gasteiger partial charge in [-0.1, -0.05) is 44.2 Å². The van der Waals surface area contributed by atoms with E-state index in [9.17, 15) is 14.4 Å². The van der Waals surface area contributed by atoms with Gasteiger partial charge in [0.15, 0.2) is 18.5 Å². The van der Waals surface area contributed by atoms with Gasteiger partial charge in [0, 0.05) is 5.56 Å². The summed E-state index contributed by atoms with van der Waals surface area (Å²) in [6.45, 7) is 6.65. The Morgan fingerprint density at radius 2 is 1.61 bits per heavy atom. The zero-order chi connectivity index (χ0) is 20.7. The van der Waals surface area contributed by atoms with Crippen LogP contribution in [0.2, 0.25) is 0 Å². The van der Waals surface area contributed by atoms with Crippen molar-refractivity contribution >= 4 is 23.3 Å². The Bertz CT molecular complexity index is 860. The van der Waals surface area contributed by atoms with Gasteiger partial charge in [-0.15, -0.1) is 0 Å². The van der Waals surface area contributed by atoms with Crippen LogP contribution in [0.15, 0.2) is 48.5 Å². The number of hydrogen-bond acceptors (Lipinski definition) is 5. The third-order valence-electron chi connectivity index (χ3n) is 4.13. The van der Waals surface area contributed by atoms with Crippen LogP contribution in [0.3, 0.4) is 0 Å². The van der Waals surface area contributed by atoms with Crippen LogP contribution in [0, 0.1) is 0 Å². The molecule has 0 saturated carbocycles. The first-order valence-electron chi connectivity index (χ1n) is 9.11. The molecule has 0 heterocycles.